The van der Waals surface area contributed by atoms with Crippen LogP contribution in [0.3, 0.4) is 0 Å². The number of imidazole rings is 1. The van der Waals surface area contributed by atoms with Crippen LogP contribution in [0.4, 0.5) is 0 Å². The first kappa shape index (κ1) is 120. The predicted molar refractivity (Wildman–Crippen MR) is 517 cm³/mol. The fourth-order valence-electron chi connectivity index (χ4n) is 16.0. The summed E-state index contributed by atoms with van der Waals surface area (Å²) in [5, 5.41) is 61.8. The van der Waals surface area contributed by atoms with Crippen molar-refractivity contribution in [1.29, 1.82) is 0 Å². The number of phenols is 1. The van der Waals surface area contributed by atoms with E-state index in [4.69, 9.17) is 45.9 Å². The first-order valence-corrected chi connectivity index (χ1v) is 49.7. The molecule has 0 saturated carbocycles. The minimum absolute atomic E-state index is 0.00355. The SMILES string of the molecule is CCCCCCCCCCCCCCCC(=O)N[C@@H](CCCCN)C(=O)N[C@@H](CCCCN)C(=O)C[C@H](CC(C)C)C(=O)N[C@@H](CCCN=C(N)N)C(=O)C[C@@H](CO)C(=O)N[C@@H](CCSC)C(=O)C[C@H](C(=O)N[C@@H](CC(=O)O)C(=O)C[C@@H](CCCCN)C(=O)N[C@@H](Cc1ccc(O)cc1)C(=O)C[C@@H](CCCN=C(N)N)C(=O)N[C@@H](CC(C)C)C(=O)C[C@@H](Cc1cnc[nH]1)C(N)=O)[C@@H](C)O. The number of primary amides is 1. The Balaban J connectivity index is 2.51. The van der Waals surface area contributed by atoms with Gasteiger partial charge < -0.3 is 108 Å². The summed E-state index contributed by atoms with van der Waals surface area (Å²) in [6, 6.07) is -3.77. The van der Waals surface area contributed by atoms with E-state index < -0.39 is 205 Å². The molecule has 8 amide bonds. The molecule has 0 aliphatic heterocycles. The lowest BCUT2D eigenvalue weighted by atomic mass is 9.87. The Morgan fingerprint density at radius 2 is 0.836 bits per heavy atom. The maximum absolute atomic E-state index is 15.0. The highest BCUT2D eigenvalue weighted by molar-refractivity contribution is 7.98. The molecule has 0 fully saturated rings. The van der Waals surface area contributed by atoms with E-state index in [1.807, 2.05) is 27.7 Å². The number of aliphatic carboxylic acids is 1. The molecule has 1 heterocycles. The second-order valence-electron chi connectivity index (χ2n) is 36.5. The lowest BCUT2D eigenvalue weighted by molar-refractivity contribution is -0.142. The Labute approximate surface area is 795 Å². The molecular formula is C95H163N19O19S. The van der Waals surface area contributed by atoms with Crippen LogP contribution in [0.5, 0.6) is 5.75 Å². The number of hydrogen-bond acceptors (Lipinski definition) is 25. The van der Waals surface area contributed by atoms with E-state index in [1.165, 1.54) is 99.9 Å². The summed E-state index contributed by atoms with van der Waals surface area (Å²) in [6.07, 6.45) is 16.3. The Kier molecular flexibility index (Phi) is 62.7. The molecule has 1 aromatic heterocycles. The topological polar surface area (TPSA) is 683 Å². The second-order valence-corrected chi connectivity index (χ2v) is 37.4. The normalized spacial score (nSPS) is 14.6. The number of carboxylic acid groups (broad SMARTS) is 1. The number of H-pyrrole nitrogens is 1. The quantitative estimate of drug-likeness (QED) is 0.0238. The standard InChI is InChI=1S/C95H163N19O19S/c1-8-9-10-11-12-13-14-15-16-17-18-19-20-34-85(124)108-75(32-23-26-42-98)93(133)111-72(31-22-25-41-97)79(118)53-67(46-60(2)3)90(130)109-73(33-28-44-106-95(102)103)80(119)54-68(58-115)91(131)110-74(39-45-134-7)84(123)55-71(62(6)116)92(132)114-78(56-86(125)126)82(121)50-64(29-21-24-40-96)88(128)113-77(48-63-35-37-70(117)38-36-63)81(120)51-65(30-27-43-105-94(100)101)89(129)112-76(47-61(4)5)83(122)52-66(87(99)127)49-69-57-104-59-107-69/h35-38,57,59-62,64-68,71-78,115-117H,8-34,39-56,58,96-98H2,1-7H3,(H2,99,127)(H,104,107)(H,108,124)(H,109,130)(H,110,131)(H,111,133)(H,112,129)(H,113,128)(H,114,132)(H,125,126)(H4,100,101,105)(H4,102,103,106)/t62-,64-,65-,66-,67+,68+,71+,72+,73+,74+,75+,76+,77+,78+/m1/s1. The number of aromatic nitrogens is 2. The van der Waals surface area contributed by atoms with Gasteiger partial charge in [0.2, 0.25) is 47.3 Å². The molecule has 0 saturated heterocycles. The van der Waals surface area contributed by atoms with Crippen LogP contribution in [-0.4, -0.2) is 230 Å². The number of unbranched alkanes of at least 4 members (excludes halogenated alkanes) is 15. The summed E-state index contributed by atoms with van der Waals surface area (Å²) >= 11 is 1.27. The number of rotatable bonds is 81. The average Bonchev–Trinajstić information content (AvgIpc) is 0.943. The lowest BCUT2D eigenvalue weighted by Crippen LogP contribution is -2.52. The van der Waals surface area contributed by atoms with E-state index in [1.54, 1.807) is 6.26 Å². The van der Waals surface area contributed by atoms with Crippen molar-refractivity contribution in [2.75, 3.05) is 51.3 Å². The van der Waals surface area contributed by atoms with Gasteiger partial charge in [-0.25, -0.2) is 4.98 Å². The van der Waals surface area contributed by atoms with Gasteiger partial charge in [-0.05, 0) is 177 Å². The largest absolute Gasteiger partial charge is 0.508 e. The van der Waals surface area contributed by atoms with Crippen molar-refractivity contribution in [1.82, 2.24) is 47.2 Å². The van der Waals surface area contributed by atoms with Crippen LogP contribution in [0.15, 0.2) is 46.8 Å². The molecule has 0 unspecified atom stereocenters. The van der Waals surface area contributed by atoms with Gasteiger partial charge in [0.25, 0.3) is 0 Å². The Morgan fingerprint density at radius 3 is 1.32 bits per heavy atom. The van der Waals surface area contributed by atoms with Crippen molar-refractivity contribution in [2.24, 2.45) is 103 Å². The van der Waals surface area contributed by atoms with E-state index in [9.17, 15) is 87.5 Å². The third-order valence-corrected chi connectivity index (χ3v) is 24.4. The average molecular weight is 1910 g/mol. The highest BCUT2D eigenvalue weighted by atomic mass is 32.2. The van der Waals surface area contributed by atoms with Crippen molar-refractivity contribution in [3.63, 3.8) is 0 Å². The van der Waals surface area contributed by atoms with Crippen molar-refractivity contribution in [2.45, 2.75) is 340 Å². The van der Waals surface area contributed by atoms with E-state index in [-0.39, 0.29) is 164 Å². The number of phenolic OH excluding ortho intramolecular Hbond substituents is 1. The molecule has 14 atom stereocenters. The zero-order chi connectivity index (χ0) is 100. The number of aromatic amines is 1. The molecule has 1 aromatic carbocycles. The summed E-state index contributed by atoms with van der Waals surface area (Å²) in [5.41, 5.74) is 46.9. The van der Waals surface area contributed by atoms with Gasteiger partial charge in [0.15, 0.2) is 46.6 Å². The van der Waals surface area contributed by atoms with E-state index in [2.05, 4.69) is 64.1 Å². The number of carboxylic acids is 1. The minimum Gasteiger partial charge on any atom is -0.508 e. The number of thioether (sulfide) groups is 1. The van der Waals surface area contributed by atoms with E-state index in [0.29, 0.717) is 62.9 Å². The fourth-order valence-corrected chi connectivity index (χ4v) is 16.5. The number of nitrogens with zero attached hydrogens (tertiary/aromatic N) is 3. The summed E-state index contributed by atoms with van der Waals surface area (Å²) < 4.78 is 0. The fraction of sp³-hybridized carbons (Fsp3) is 0.726. The Hall–Kier alpha value is -9.83. The van der Waals surface area contributed by atoms with Crippen LogP contribution in [0, 0.1) is 47.3 Å². The maximum atomic E-state index is 15.0. The van der Waals surface area contributed by atoms with Crippen molar-refractivity contribution in [3.05, 3.63) is 48.0 Å². The number of aliphatic hydroxyl groups is 2. The number of aliphatic imine (C=N–C) groups is 2. The summed E-state index contributed by atoms with van der Waals surface area (Å²) in [6.45, 7) is 10.5. The van der Waals surface area contributed by atoms with Crippen LogP contribution in [-0.2, 0) is 84.8 Å². The Bertz CT molecular complexity index is 3920. The smallest absolute Gasteiger partial charge is 0.305 e. The second kappa shape index (κ2) is 69.9. The molecule has 39 heteroatoms. The summed E-state index contributed by atoms with van der Waals surface area (Å²) in [5.74, 6) is -20.7. The monoisotopic (exact) mass is 1910 g/mol. The van der Waals surface area contributed by atoms with Gasteiger partial charge in [-0.3, -0.25) is 81.9 Å². The number of hydrogen-bond donors (Lipinski definition) is 20. The van der Waals surface area contributed by atoms with Gasteiger partial charge in [-0.1, -0.05) is 130 Å². The number of nitrogens with two attached hydrogens (primary N) is 8. The third-order valence-electron chi connectivity index (χ3n) is 23.8. The highest BCUT2D eigenvalue weighted by Gasteiger charge is 2.40. The van der Waals surface area contributed by atoms with Crippen LogP contribution in [0.25, 0.3) is 0 Å². The zero-order valence-corrected chi connectivity index (χ0v) is 81.3. The van der Waals surface area contributed by atoms with Gasteiger partial charge in [0.1, 0.15) is 11.8 Å². The van der Waals surface area contributed by atoms with Crippen LogP contribution in [0.2, 0.25) is 0 Å². The van der Waals surface area contributed by atoms with Gasteiger partial charge in [-0.15, -0.1) is 0 Å². The minimum atomic E-state index is -1.92. The highest BCUT2D eigenvalue weighted by Crippen LogP contribution is 2.27. The first-order valence-electron chi connectivity index (χ1n) is 48.3. The molecule has 2 aromatic rings. The summed E-state index contributed by atoms with van der Waals surface area (Å²) in [7, 11) is 0. The number of amides is 8. The van der Waals surface area contributed by atoms with Gasteiger partial charge in [0.05, 0.1) is 79.5 Å². The number of ketones is 6. The number of aliphatic hydroxyl groups excluding tert-OH is 2. The zero-order valence-electron chi connectivity index (χ0n) is 80.5. The first-order chi connectivity index (χ1) is 63.8. The van der Waals surface area contributed by atoms with Crippen LogP contribution < -0.4 is 83.1 Å². The molecule has 38 nitrogen and oxygen atoms in total. The summed E-state index contributed by atoms with van der Waals surface area (Å²) in [4.78, 5) is 229. The molecule has 2 rings (SSSR count). The Morgan fingerprint density at radius 1 is 0.425 bits per heavy atom. The molecule has 134 heavy (non-hydrogen) atoms. The predicted octanol–water partition coefficient (Wildman–Crippen LogP) is 4.90. The number of benzene rings is 1. The molecule has 0 bridgehead atoms. The molecule has 28 N–H and O–H groups in total. The van der Waals surface area contributed by atoms with Crippen molar-refractivity contribution in [3.8, 4) is 5.75 Å². The van der Waals surface area contributed by atoms with Crippen LogP contribution in [0.1, 0.15) is 290 Å². The van der Waals surface area contributed by atoms with Gasteiger partial charge >= 0.3 is 5.97 Å². The molecule has 0 radical (unpaired) electrons. The number of Topliss-reactive ketones (excluding diaryl/α,β-unsaturated/α-hetero) is 6. The van der Waals surface area contributed by atoms with E-state index in [0.717, 1.165) is 32.6 Å². The van der Waals surface area contributed by atoms with Gasteiger partial charge in [-0.2, -0.15) is 11.8 Å². The molecule has 0 aliphatic carbocycles. The number of carbonyl (C=O) groups is 15. The lowest BCUT2D eigenvalue weighted by Gasteiger charge is -2.27. The molecule has 758 valence electrons. The number of carbonyl (C=O) groups excluding carboxylic acids is 14. The third kappa shape index (κ3) is 52.3. The molecule has 0 aliphatic rings. The number of guanidine groups is 2. The van der Waals surface area contributed by atoms with Crippen molar-refractivity contribution >= 4 is 112 Å². The maximum Gasteiger partial charge on any atom is 0.305 e. The van der Waals surface area contributed by atoms with Gasteiger partial charge in [0, 0.05) is 94.1 Å². The number of nitrogens with one attached hydrogen (secondary N) is 8. The molecular weight excluding hydrogens is 1740 g/mol. The van der Waals surface area contributed by atoms with Crippen LogP contribution >= 0.6 is 11.8 Å². The van der Waals surface area contributed by atoms with E-state index >= 15 is 4.79 Å². The van der Waals surface area contributed by atoms with Crippen molar-refractivity contribution < 1.29 is 92.3 Å². The molecule has 0 spiro atoms. The number of aromatic hydroxyl groups is 1.